The van der Waals surface area contributed by atoms with Crippen molar-refractivity contribution in [2.45, 2.75) is 32.2 Å². The molecule has 148 valence electrons. The average Bonchev–Trinajstić information content (AvgIpc) is 3.44. The second-order valence-electron chi connectivity index (χ2n) is 8.00. The molecule has 0 amide bonds. The lowest BCUT2D eigenvalue weighted by Gasteiger charge is -2.37. The lowest BCUT2D eigenvalue weighted by atomic mass is 10.1. The van der Waals surface area contributed by atoms with E-state index in [4.69, 9.17) is 4.99 Å². The van der Waals surface area contributed by atoms with E-state index in [0.29, 0.717) is 11.6 Å². The largest absolute Gasteiger partial charge is 0.366 e. The third-order valence-electron chi connectivity index (χ3n) is 5.99. The molecule has 1 aromatic rings. The molecule has 6 heteroatoms. The Morgan fingerprint density at radius 2 is 1.89 bits per heavy atom. The van der Waals surface area contributed by atoms with Crippen LogP contribution in [0, 0.1) is 11.7 Å². The molecule has 0 bridgehead atoms. The van der Waals surface area contributed by atoms with E-state index in [-0.39, 0.29) is 5.82 Å². The van der Waals surface area contributed by atoms with Gasteiger partial charge in [0.1, 0.15) is 5.82 Å². The van der Waals surface area contributed by atoms with Crippen LogP contribution < -0.4 is 10.2 Å². The molecule has 1 aromatic carbocycles. The van der Waals surface area contributed by atoms with Crippen LogP contribution in [0.3, 0.4) is 0 Å². The Morgan fingerprint density at radius 3 is 2.59 bits per heavy atom. The van der Waals surface area contributed by atoms with Crippen molar-refractivity contribution >= 4 is 11.6 Å². The van der Waals surface area contributed by atoms with Crippen molar-refractivity contribution in [3.05, 3.63) is 30.1 Å². The van der Waals surface area contributed by atoms with E-state index in [1.807, 2.05) is 12.1 Å². The highest BCUT2D eigenvalue weighted by molar-refractivity contribution is 5.80. The van der Waals surface area contributed by atoms with Gasteiger partial charge < -0.3 is 20.0 Å². The van der Waals surface area contributed by atoms with Crippen LogP contribution in [0.2, 0.25) is 0 Å². The highest BCUT2D eigenvalue weighted by Crippen LogP contribution is 2.31. The molecular weight excluding hydrogens is 341 g/mol. The van der Waals surface area contributed by atoms with Crippen molar-refractivity contribution in [2.24, 2.45) is 10.9 Å². The van der Waals surface area contributed by atoms with Crippen molar-refractivity contribution < 1.29 is 4.39 Å². The number of hydrogen-bond acceptors (Lipinski definition) is 3. The molecular formula is C21H32FN5. The zero-order valence-corrected chi connectivity index (χ0v) is 16.4. The van der Waals surface area contributed by atoms with Crippen molar-refractivity contribution in [2.75, 3.05) is 57.3 Å². The standard InChI is InChI=1S/C21H32FN5/c1-2-23-21(24-15-17-9-10-27(16-17)18-7-8-18)26-13-11-25(12-14-26)20-6-4-3-5-19(20)22/h3-6,17-18H,2,7-16H2,1H3,(H,23,24). The van der Waals surface area contributed by atoms with Crippen LogP contribution in [0.1, 0.15) is 26.2 Å². The number of rotatable bonds is 5. The number of aliphatic imine (C=N–C) groups is 1. The highest BCUT2D eigenvalue weighted by Gasteiger charge is 2.34. The summed E-state index contributed by atoms with van der Waals surface area (Å²) in [7, 11) is 0. The van der Waals surface area contributed by atoms with Crippen LogP contribution in [0.15, 0.2) is 29.3 Å². The predicted octanol–water partition coefficient (Wildman–Crippen LogP) is 2.40. The topological polar surface area (TPSA) is 34.1 Å². The fraction of sp³-hybridized carbons (Fsp3) is 0.667. The van der Waals surface area contributed by atoms with Crippen molar-refractivity contribution in [3.8, 4) is 0 Å². The molecule has 2 aliphatic heterocycles. The number of hydrogen-bond donors (Lipinski definition) is 1. The summed E-state index contributed by atoms with van der Waals surface area (Å²) in [5.41, 5.74) is 0.713. The molecule has 27 heavy (non-hydrogen) atoms. The van der Waals surface area contributed by atoms with Gasteiger partial charge in [-0.15, -0.1) is 0 Å². The zero-order chi connectivity index (χ0) is 18.6. The van der Waals surface area contributed by atoms with Gasteiger partial charge in [-0.3, -0.25) is 4.99 Å². The molecule has 1 aliphatic carbocycles. The van der Waals surface area contributed by atoms with Gasteiger partial charge in [0.25, 0.3) is 0 Å². The van der Waals surface area contributed by atoms with Crippen LogP contribution in [-0.4, -0.2) is 74.2 Å². The van der Waals surface area contributed by atoms with Crippen LogP contribution in [0.5, 0.6) is 0 Å². The fourth-order valence-electron chi connectivity index (χ4n) is 4.29. The first-order chi connectivity index (χ1) is 13.2. The molecule has 1 N–H and O–H groups in total. The molecule has 0 aromatic heterocycles. The van der Waals surface area contributed by atoms with Gasteiger partial charge in [-0.2, -0.15) is 0 Å². The first-order valence-corrected chi connectivity index (χ1v) is 10.5. The molecule has 1 atom stereocenters. The van der Waals surface area contributed by atoms with Crippen LogP contribution >= 0.6 is 0 Å². The second-order valence-corrected chi connectivity index (χ2v) is 8.00. The normalized spacial score (nSPS) is 24.5. The van der Waals surface area contributed by atoms with E-state index in [0.717, 1.165) is 51.3 Å². The van der Waals surface area contributed by atoms with E-state index in [2.05, 4.69) is 26.9 Å². The third kappa shape index (κ3) is 4.54. The number of benzene rings is 1. The van der Waals surface area contributed by atoms with Gasteiger partial charge in [-0.05, 0) is 50.8 Å². The molecule has 2 saturated heterocycles. The van der Waals surface area contributed by atoms with Gasteiger partial charge in [-0.1, -0.05) is 12.1 Å². The third-order valence-corrected chi connectivity index (χ3v) is 5.99. The molecule has 3 fully saturated rings. The molecule has 3 aliphatic rings. The SMILES string of the molecule is CCNC(=NCC1CCN(C2CC2)C1)N1CCN(c2ccccc2F)CC1. The molecule has 0 spiro atoms. The zero-order valence-electron chi connectivity index (χ0n) is 16.4. The summed E-state index contributed by atoms with van der Waals surface area (Å²) < 4.78 is 14.0. The minimum atomic E-state index is -0.132. The first kappa shape index (κ1) is 18.5. The van der Waals surface area contributed by atoms with Crippen LogP contribution in [0.25, 0.3) is 0 Å². The van der Waals surface area contributed by atoms with Crippen LogP contribution in [0.4, 0.5) is 10.1 Å². The first-order valence-electron chi connectivity index (χ1n) is 10.5. The Bertz CT molecular complexity index is 652. The van der Waals surface area contributed by atoms with E-state index >= 15 is 0 Å². The second kappa shape index (κ2) is 8.46. The number of para-hydroxylation sites is 1. The van der Waals surface area contributed by atoms with Gasteiger partial charge >= 0.3 is 0 Å². The molecule has 1 unspecified atom stereocenters. The van der Waals surface area contributed by atoms with E-state index < -0.39 is 0 Å². The maximum absolute atomic E-state index is 14.0. The molecule has 4 rings (SSSR count). The number of piperazine rings is 1. The Hall–Kier alpha value is -1.82. The smallest absolute Gasteiger partial charge is 0.194 e. The Labute approximate surface area is 162 Å². The summed E-state index contributed by atoms with van der Waals surface area (Å²) >= 11 is 0. The average molecular weight is 374 g/mol. The lowest BCUT2D eigenvalue weighted by Crippen LogP contribution is -2.52. The number of guanidine groups is 1. The van der Waals surface area contributed by atoms with Crippen LogP contribution in [-0.2, 0) is 0 Å². The number of nitrogens with zero attached hydrogens (tertiary/aromatic N) is 4. The fourth-order valence-corrected chi connectivity index (χ4v) is 4.29. The van der Waals surface area contributed by atoms with Gasteiger partial charge in [0, 0.05) is 51.9 Å². The van der Waals surface area contributed by atoms with Gasteiger partial charge in [0.2, 0.25) is 0 Å². The van der Waals surface area contributed by atoms with E-state index in [1.165, 1.54) is 32.4 Å². The predicted molar refractivity (Wildman–Crippen MR) is 109 cm³/mol. The maximum atomic E-state index is 14.0. The Balaban J connectivity index is 1.32. The highest BCUT2D eigenvalue weighted by atomic mass is 19.1. The monoisotopic (exact) mass is 373 g/mol. The minimum absolute atomic E-state index is 0.132. The summed E-state index contributed by atoms with van der Waals surface area (Å²) in [6, 6.07) is 7.94. The summed E-state index contributed by atoms with van der Waals surface area (Å²) in [6.07, 6.45) is 4.07. The van der Waals surface area contributed by atoms with Gasteiger partial charge in [0.05, 0.1) is 5.69 Å². The Kier molecular flexibility index (Phi) is 5.81. The summed E-state index contributed by atoms with van der Waals surface area (Å²) in [4.78, 5) is 12.1. The molecule has 5 nitrogen and oxygen atoms in total. The number of nitrogens with one attached hydrogen (secondary N) is 1. The van der Waals surface area contributed by atoms with Gasteiger partial charge in [0.15, 0.2) is 5.96 Å². The summed E-state index contributed by atoms with van der Waals surface area (Å²) in [5, 5.41) is 3.46. The van der Waals surface area contributed by atoms with E-state index in [1.54, 1.807) is 12.1 Å². The maximum Gasteiger partial charge on any atom is 0.194 e. The summed E-state index contributed by atoms with van der Waals surface area (Å²) in [5.74, 6) is 1.59. The van der Waals surface area contributed by atoms with E-state index in [9.17, 15) is 4.39 Å². The van der Waals surface area contributed by atoms with Crippen molar-refractivity contribution in [1.82, 2.24) is 15.1 Å². The number of halogens is 1. The molecule has 1 saturated carbocycles. The summed E-state index contributed by atoms with van der Waals surface area (Å²) in [6.45, 7) is 9.78. The van der Waals surface area contributed by atoms with Crippen molar-refractivity contribution in [1.29, 1.82) is 0 Å². The Morgan fingerprint density at radius 1 is 1.11 bits per heavy atom. The lowest BCUT2D eigenvalue weighted by molar-refractivity contribution is 0.315. The molecule has 2 heterocycles. The number of anilines is 1. The van der Waals surface area contributed by atoms with Crippen molar-refractivity contribution in [3.63, 3.8) is 0 Å². The molecule has 0 radical (unpaired) electrons. The van der Waals surface area contributed by atoms with Gasteiger partial charge in [-0.25, -0.2) is 4.39 Å². The minimum Gasteiger partial charge on any atom is -0.366 e. The quantitative estimate of drug-likeness (QED) is 0.635. The number of likely N-dealkylation sites (tertiary alicyclic amines) is 1.